The zero-order valence-electron chi connectivity index (χ0n) is 15.7. The first-order chi connectivity index (χ1) is 13.0. The molecular formula is C19H23N5OS2. The van der Waals surface area contributed by atoms with Crippen LogP contribution < -0.4 is 16.3 Å². The standard InChI is InChI=1S/C19H23N5OS2/c1-13-15(14-8-5-4-6-9-14)16-17(27-13)21-12-24(18(16)25)22-19(26)20-10-7-11-23(2)3/h4-6,8-9,12H,7,10-11H2,1-3H3,(H2,20,22,26). The van der Waals surface area contributed by atoms with E-state index in [9.17, 15) is 4.79 Å². The van der Waals surface area contributed by atoms with Crippen molar-refractivity contribution in [2.75, 3.05) is 32.6 Å². The van der Waals surface area contributed by atoms with Crippen molar-refractivity contribution in [1.82, 2.24) is 19.9 Å². The number of hydrogen-bond donors (Lipinski definition) is 2. The Morgan fingerprint density at radius 1 is 1.30 bits per heavy atom. The van der Waals surface area contributed by atoms with Gasteiger partial charge in [0.2, 0.25) is 0 Å². The maximum Gasteiger partial charge on any atom is 0.281 e. The SMILES string of the molecule is Cc1sc2ncn(NC(=S)NCCCN(C)C)c(=O)c2c1-c1ccccc1. The van der Waals surface area contributed by atoms with Crippen molar-refractivity contribution in [2.45, 2.75) is 13.3 Å². The van der Waals surface area contributed by atoms with Crippen molar-refractivity contribution in [3.8, 4) is 11.1 Å². The summed E-state index contributed by atoms with van der Waals surface area (Å²) in [4.78, 5) is 21.4. The minimum absolute atomic E-state index is 0.152. The van der Waals surface area contributed by atoms with Gasteiger partial charge in [-0.15, -0.1) is 11.3 Å². The summed E-state index contributed by atoms with van der Waals surface area (Å²) in [6, 6.07) is 9.92. The fourth-order valence-corrected chi connectivity index (χ4v) is 4.08. The molecule has 0 saturated carbocycles. The van der Waals surface area contributed by atoms with Gasteiger partial charge in [0.1, 0.15) is 11.2 Å². The van der Waals surface area contributed by atoms with E-state index in [1.807, 2.05) is 51.4 Å². The van der Waals surface area contributed by atoms with Crippen LogP contribution in [0, 0.1) is 6.92 Å². The molecule has 8 heteroatoms. The highest BCUT2D eigenvalue weighted by atomic mass is 32.1. The molecule has 1 aromatic carbocycles. The summed E-state index contributed by atoms with van der Waals surface area (Å²) in [6.45, 7) is 3.72. The first-order valence-corrected chi connectivity index (χ1v) is 9.95. The largest absolute Gasteiger partial charge is 0.361 e. The van der Waals surface area contributed by atoms with Crippen molar-refractivity contribution in [1.29, 1.82) is 0 Å². The molecule has 0 bridgehead atoms. The van der Waals surface area contributed by atoms with Gasteiger partial charge in [0.15, 0.2) is 5.11 Å². The first kappa shape index (κ1) is 19.5. The summed E-state index contributed by atoms with van der Waals surface area (Å²) in [5, 5.41) is 4.15. The highest BCUT2D eigenvalue weighted by Crippen LogP contribution is 2.35. The van der Waals surface area contributed by atoms with Crippen LogP contribution in [0.3, 0.4) is 0 Å². The van der Waals surface area contributed by atoms with Crippen molar-refractivity contribution >= 4 is 38.9 Å². The predicted octanol–water partition coefficient (Wildman–Crippen LogP) is 2.80. The van der Waals surface area contributed by atoms with E-state index < -0.39 is 0 Å². The van der Waals surface area contributed by atoms with Crippen LogP contribution in [0.4, 0.5) is 0 Å². The van der Waals surface area contributed by atoms with Gasteiger partial charge >= 0.3 is 0 Å². The average Bonchev–Trinajstić information content (AvgIpc) is 2.98. The Hall–Kier alpha value is -2.29. The lowest BCUT2D eigenvalue weighted by molar-refractivity contribution is 0.400. The summed E-state index contributed by atoms with van der Waals surface area (Å²) in [5.74, 6) is 0. The molecule has 0 radical (unpaired) electrons. The van der Waals surface area contributed by atoms with E-state index in [2.05, 4.69) is 20.6 Å². The molecule has 2 aromatic heterocycles. The molecule has 3 aromatic rings. The molecule has 3 rings (SSSR count). The van der Waals surface area contributed by atoms with Crippen molar-refractivity contribution in [3.05, 3.63) is 51.9 Å². The van der Waals surface area contributed by atoms with Gasteiger partial charge < -0.3 is 10.2 Å². The Labute approximate surface area is 167 Å². The number of aromatic nitrogens is 2. The van der Waals surface area contributed by atoms with E-state index in [-0.39, 0.29) is 5.56 Å². The molecule has 0 unspecified atom stereocenters. The number of rotatable bonds is 6. The minimum atomic E-state index is -0.152. The quantitative estimate of drug-likeness (QED) is 0.489. The molecule has 0 amide bonds. The van der Waals surface area contributed by atoms with Crippen LogP contribution in [0.15, 0.2) is 41.5 Å². The Morgan fingerprint density at radius 3 is 2.74 bits per heavy atom. The van der Waals surface area contributed by atoms with Gasteiger partial charge in [-0.3, -0.25) is 10.2 Å². The molecule has 0 aliphatic heterocycles. The summed E-state index contributed by atoms with van der Waals surface area (Å²) in [6.07, 6.45) is 2.45. The van der Waals surface area contributed by atoms with E-state index in [4.69, 9.17) is 12.2 Å². The number of nitrogens with one attached hydrogen (secondary N) is 2. The van der Waals surface area contributed by atoms with Crippen molar-refractivity contribution < 1.29 is 0 Å². The van der Waals surface area contributed by atoms with Crippen LogP contribution in [-0.4, -0.2) is 46.9 Å². The lowest BCUT2D eigenvalue weighted by Crippen LogP contribution is -2.40. The molecule has 0 spiro atoms. The molecule has 0 saturated heterocycles. The van der Waals surface area contributed by atoms with Gasteiger partial charge in [-0.25, -0.2) is 9.66 Å². The number of hydrogen-bond acceptors (Lipinski definition) is 5. The lowest BCUT2D eigenvalue weighted by Gasteiger charge is -2.13. The topological polar surface area (TPSA) is 62.2 Å². The zero-order valence-corrected chi connectivity index (χ0v) is 17.3. The monoisotopic (exact) mass is 401 g/mol. The van der Waals surface area contributed by atoms with Crippen LogP contribution in [0.25, 0.3) is 21.3 Å². The van der Waals surface area contributed by atoms with Crippen LogP contribution in [-0.2, 0) is 0 Å². The van der Waals surface area contributed by atoms with Crippen LogP contribution in [0.5, 0.6) is 0 Å². The van der Waals surface area contributed by atoms with Crippen LogP contribution in [0.1, 0.15) is 11.3 Å². The predicted molar refractivity (Wildman–Crippen MR) is 117 cm³/mol. The van der Waals surface area contributed by atoms with Gasteiger partial charge in [-0.05, 0) is 51.8 Å². The molecule has 2 heterocycles. The number of fused-ring (bicyclic) bond motifs is 1. The lowest BCUT2D eigenvalue weighted by atomic mass is 10.0. The van der Waals surface area contributed by atoms with E-state index in [0.29, 0.717) is 10.5 Å². The third-order valence-electron chi connectivity index (χ3n) is 4.14. The third kappa shape index (κ3) is 4.52. The van der Waals surface area contributed by atoms with Crippen LogP contribution >= 0.6 is 23.6 Å². The number of thiocarbonyl (C=S) groups is 1. The molecular weight excluding hydrogens is 378 g/mol. The molecule has 0 aliphatic rings. The fraction of sp³-hybridized carbons (Fsp3) is 0.316. The van der Waals surface area contributed by atoms with Gasteiger partial charge in [-0.2, -0.15) is 0 Å². The first-order valence-electron chi connectivity index (χ1n) is 8.73. The maximum absolute atomic E-state index is 13.1. The summed E-state index contributed by atoms with van der Waals surface area (Å²) >= 11 is 6.84. The minimum Gasteiger partial charge on any atom is -0.361 e. The Bertz CT molecular complexity index is 994. The Morgan fingerprint density at radius 2 is 2.04 bits per heavy atom. The second-order valence-electron chi connectivity index (χ2n) is 6.52. The third-order valence-corrected chi connectivity index (χ3v) is 5.39. The van der Waals surface area contributed by atoms with E-state index >= 15 is 0 Å². The smallest absolute Gasteiger partial charge is 0.281 e. The average molecular weight is 402 g/mol. The summed E-state index contributed by atoms with van der Waals surface area (Å²) in [7, 11) is 4.06. The molecule has 0 fully saturated rings. The molecule has 0 atom stereocenters. The maximum atomic E-state index is 13.1. The Balaban J connectivity index is 1.85. The number of aryl methyl sites for hydroxylation is 1. The number of nitrogens with zero attached hydrogens (tertiary/aromatic N) is 3. The fourth-order valence-electron chi connectivity index (χ4n) is 2.88. The van der Waals surface area contributed by atoms with Crippen LogP contribution in [0.2, 0.25) is 0 Å². The Kier molecular flexibility index (Phi) is 6.20. The normalized spacial score (nSPS) is 11.1. The van der Waals surface area contributed by atoms with Crippen molar-refractivity contribution in [3.63, 3.8) is 0 Å². The van der Waals surface area contributed by atoms with E-state index in [1.165, 1.54) is 22.3 Å². The summed E-state index contributed by atoms with van der Waals surface area (Å²) in [5.41, 5.74) is 4.73. The molecule has 2 N–H and O–H groups in total. The molecule has 142 valence electrons. The van der Waals surface area contributed by atoms with Gasteiger partial charge in [-0.1, -0.05) is 30.3 Å². The highest BCUT2D eigenvalue weighted by molar-refractivity contribution is 7.80. The zero-order chi connectivity index (χ0) is 19.4. The number of thiophene rings is 1. The van der Waals surface area contributed by atoms with Gasteiger partial charge in [0.05, 0.1) is 5.39 Å². The highest BCUT2D eigenvalue weighted by Gasteiger charge is 2.17. The second kappa shape index (κ2) is 8.60. The van der Waals surface area contributed by atoms with Gasteiger partial charge in [0, 0.05) is 17.0 Å². The number of benzene rings is 1. The van der Waals surface area contributed by atoms with Crippen molar-refractivity contribution in [2.24, 2.45) is 0 Å². The summed E-state index contributed by atoms with van der Waals surface area (Å²) < 4.78 is 1.35. The molecule has 27 heavy (non-hydrogen) atoms. The second-order valence-corrected chi connectivity index (χ2v) is 8.14. The van der Waals surface area contributed by atoms with Gasteiger partial charge in [0.25, 0.3) is 5.56 Å². The molecule has 0 aliphatic carbocycles. The van der Waals surface area contributed by atoms with E-state index in [0.717, 1.165) is 40.3 Å². The molecule has 6 nitrogen and oxygen atoms in total. The van der Waals surface area contributed by atoms with E-state index in [1.54, 1.807) is 0 Å².